The van der Waals surface area contributed by atoms with Crippen molar-refractivity contribution in [3.05, 3.63) is 74.5 Å². The summed E-state index contributed by atoms with van der Waals surface area (Å²) < 4.78 is 1.69. The molecule has 0 aliphatic heterocycles. The first kappa shape index (κ1) is 13.8. The van der Waals surface area contributed by atoms with Gasteiger partial charge in [0.1, 0.15) is 5.01 Å². The summed E-state index contributed by atoms with van der Waals surface area (Å²) in [7, 11) is 0. The molecular weight excluding hydrogens is 280 g/mol. The minimum absolute atomic E-state index is 0.0158. The van der Waals surface area contributed by atoms with Gasteiger partial charge in [0, 0.05) is 23.2 Å². The number of hydrogen-bond donors (Lipinski definition) is 0. The van der Waals surface area contributed by atoms with E-state index in [-0.39, 0.29) is 5.56 Å². The van der Waals surface area contributed by atoms with E-state index < -0.39 is 0 Å². The summed E-state index contributed by atoms with van der Waals surface area (Å²) in [6.45, 7) is 4.51. The summed E-state index contributed by atoms with van der Waals surface area (Å²) in [4.78, 5) is 16.5. The lowest BCUT2D eigenvalue weighted by molar-refractivity contribution is 0.752. The zero-order valence-electron chi connectivity index (χ0n) is 12.0. The predicted molar refractivity (Wildman–Crippen MR) is 86.8 cm³/mol. The summed E-state index contributed by atoms with van der Waals surface area (Å²) in [5, 5.41) is 2.98. The van der Waals surface area contributed by atoms with Gasteiger partial charge in [0.05, 0.1) is 12.2 Å². The van der Waals surface area contributed by atoms with E-state index in [9.17, 15) is 4.79 Å². The van der Waals surface area contributed by atoms with Gasteiger partial charge in [0.25, 0.3) is 5.56 Å². The van der Waals surface area contributed by atoms with Crippen molar-refractivity contribution in [3.8, 4) is 11.3 Å². The van der Waals surface area contributed by atoms with Gasteiger partial charge in [-0.1, -0.05) is 29.8 Å². The molecule has 3 aromatic rings. The lowest BCUT2D eigenvalue weighted by atomic mass is 10.1. The molecule has 0 radical (unpaired) electrons. The maximum absolute atomic E-state index is 11.9. The number of rotatable bonds is 3. The van der Waals surface area contributed by atoms with E-state index in [4.69, 9.17) is 0 Å². The van der Waals surface area contributed by atoms with Crippen LogP contribution >= 0.6 is 11.3 Å². The Morgan fingerprint density at radius 1 is 1.10 bits per heavy atom. The topological polar surface area (TPSA) is 34.9 Å². The third kappa shape index (κ3) is 3.11. The molecule has 3 nitrogen and oxygen atoms in total. The van der Waals surface area contributed by atoms with Gasteiger partial charge in [0.2, 0.25) is 0 Å². The minimum atomic E-state index is 0.0158. The standard InChI is InChI=1S/C17H16N2OS/c1-12-3-5-14(6-4-12)15-11-21-16(18-15)10-19-8-7-13(2)9-17(19)20/h3-9,11H,10H2,1-2H3. The summed E-state index contributed by atoms with van der Waals surface area (Å²) >= 11 is 1.59. The highest BCUT2D eigenvalue weighted by Gasteiger charge is 2.06. The molecule has 0 N–H and O–H groups in total. The van der Waals surface area contributed by atoms with Crippen LogP contribution in [0.1, 0.15) is 16.1 Å². The fraction of sp³-hybridized carbons (Fsp3) is 0.176. The van der Waals surface area contributed by atoms with Crippen LogP contribution in [-0.2, 0) is 6.54 Å². The third-order valence-electron chi connectivity index (χ3n) is 3.36. The SMILES string of the molecule is Cc1ccc(-c2csc(Cn3ccc(C)cc3=O)n2)cc1. The smallest absolute Gasteiger partial charge is 0.251 e. The fourth-order valence-electron chi connectivity index (χ4n) is 2.12. The van der Waals surface area contributed by atoms with Crippen LogP contribution in [0.4, 0.5) is 0 Å². The highest BCUT2D eigenvalue weighted by Crippen LogP contribution is 2.22. The van der Waals surface area contributed by atoms with Crippen LogP contribution in [0.2, 0.25) is 0 Å². The Balaban J connectivity index is 1.85. The van der Waals surface area contributed by atoms with Crippen molar-refractivity contribution in [2.24, 2.45) is 0 Å². The molecule has 4 heteroatoms. The van der Waals surface area contributed by atoms with Gasteiger partial charge in [0.15, 0.2) is 0 Å². The Morgan fingerprint density at radius 2 is 1.86 bits per heavy atom. The number of aryl methyl sites for hydroxylation is 2. The molecule has 0 atom stereocenters. The van der Waals surface area contributed by atoms with Crippen LogP contribution in [0, 0.1) is 13.8 Å². The van der Waals surface area contributed by atoms with E-state index in [2.05, 4.69) is 36.2 Å². The maximum atomic E-state index is 11.9. The second kappa shape index (κ2) is 5.66. The molecule has 2 heterocycles. The number of hydrogen-bond acceptors (Lipinski definition) is 3. The molecule has 2 aromatic heterocycles. The Hall–Kier alpha value is -2.20. The van der Waals surface area contributed by atoms with Gasteiger partial charge in [-0.25, -0.2) is 4.98 Å². The predicted octanol–water partition coefficient (Wildman–Crippen LogP) is 3.64. The molecule has 21 heavy (non-hydrogen) atoms. The van der Waals surface area contributed by atoms with Gasteiger partial charge in [-0.15, -0.1) is 11.3 Å². The average Bonchev–Trinajstić information content (AvgIpc) is 2.91. The Labute approximate surface area is 127 Å². The molecule has 0 amide bonds. The van der Waals surface area contributed by atoms with Crippen molar-refractivity contribution in [1.82, 2.24) is 9.55 Å². The molecule has 0 spiro atoms. The summed E-state index contributed by atoms with van der Waals surface area (Å²) in [6, 6.07) is 11.9. The normalized spacial score (nSPS) is 10.8. The monoisotopic (exact) mass is 296 g/mol. The van der Waals surface area contributed by atoms with Crippen LogP contribution in [0.15, 0.2) is 52.8 Å². The lowest BCUT2D eigenvalue weighted by Gasteiger charge is -2.03. The third-order valence-corrected chi connectivity index (χ3v) is 4.19. The summed E-state index contributed by atoms with van der Waals surface area (Å²) in [5.41, 5.74) is 4.31. The maximum Gasteiger partial charge on any atom is 0.251 e. The zero-order chi connectivity index (χ0) is 14.8. The van der Waals surface area contributed by atoms with Crippen molar-refractivity contribution < 1.29 is 0 Å². The van der Waals surface area contributed by atoms with Gasteiger partial charge in [-0.05, 0) is 25.5 Å². The van der Waals surface area contributed by atoms with E-state index in [0.717, 1.165) is 21.8 Å². The molecule has 3 rings (SSSR count). The van der Waals surface area contributed by atoms with E-state index >= 15 is 0 Å². The highest BCUT2D eigenvalue weighted by atomic mass is 32.1. The van der Waals surface area contributed by atoms with Crippen molar-refractivity contribution in [1.29, 1.82) is 0 Å². The molecule has 106 valence electrons. The van der Waals surface area contributed by atoms with Gasteiger partial charge in [-0.2, -0.15) is 0 Å². The molecule has 0 fully saturated rings. The van der Waals surface area contributed by atoms with Gasteiger partial charge >= 0.3 is 0 Å². The van der Waals surface area contributed by atoms with Crippen LogP contribution in [0.3, 0.4) is 0 Å². The summed E-state index contributed by atoms with van der Waals surface area (Å²) in [6.07, 6.45) is 1.82. The molecule has 0 aliphatic rings. The van der Waals surface area contributed by atoms with E-state index in [1.807, 2.05) is 24.6 Å². The van der Waals surface area contributed by atoms with E-state index in [1.54, 1.807) is 22.0 Å². The van der Waals surface area contributed by atoms with Crippen LogP contribution in [-0.4, -0.2) is 9.55 Å². The Kier molecular flexibility index (Phi) is 3.71. The second-order valence-corrected chi connectivity index (χ2v) is 6.11. The first-order chi connectivity index (χ1) is 10.1. The Morgan fingerprint density at radius 3 is 2.57 bits per heavy atom. The van der Waals surface area contributed by atoms with Crippen LogP contribution in [0.5, 0.6) is 0 Å². The average molecular weight is 296 g/mol. The molecule has 0 aliphatic carbocycles. The van der Waals surface area contributed by atoms with Crippen molar-refractivity contribution in [2.45, 2.75) is 20.4 Å². The minimum Gasteiger partial charge on any atom is -0.309 e. The molecule has 0 bridgehead atoms. The van der Waals surface area contributed by atoms with Crippen LogP contribution < -0.4 is 5.56 Å². The first-order valence-electron chi connectivity index (χ1n) is 6.80. The fourth-order valence-corrected chi connectivity index (χ4v) is 2.92. The van der Waals surface area contributed by atoms with Gasteiger partial charge in [-0.3, -0.25) is 4.79 Å². The number of pyridine rings is 1. The first-order valence-corrected chi connectivity index (χ1v) is 7.68. The Bertz CT molecular complexity index is 815. The zero-order valence-corrected chi connectivity index (χ0v) is 12.9. The van der Waals surface area contributed by atoms with Crippen molar-refractivity contribution >= 4 is 11.3 Å². The number of benzene rings is 1. The molecular formula is C17H16N2OS. The van der Waals surface area contributed by atoms with Crippen molar-refractivity contribution in [2.75, 3.05) is 0 Å². The second-order valence-electron chi connectivity index (χ2n) is 5.16. The lowest BCUT2D eigenvalue weighted by Crippen LogP contribution is -2.19. The van der Waals surface area contributed by atoms with E-state index in [1.165, 1.54) is 5.56 Å². The molecule has 0 saturated heterocycles. The number of thiazole rings is 1. The van der Waals surface area contributed by atoms with Crippen LogP contribution in [0.25, 0.3) is 11.3 Å². The van der Waals surface area contributed by atoms with Gasteiger partial charge < -0.3 is 4.57 Å². The molecule has 1 aromatic carbocycles. The highest BCUT2D eigenvalue weighted by molar-refractivity contribution is 7.09. The number of nitrogens with zero attached hydrogens (tertiary/aromatic N) is 2. The van der Waals surface area contributed by atoms with E-state index in [0.29, 0.717) is 6.54 Å². The van der Waals surface area contributed by atoms with Crippen molar-refractivity contribution in [3.63, 3.8) is 0 Å². The summed E-state index contributed by atoms with van der Waals surface area (Å²) in [5.74, 6) is 0. The molecule has 0 saturated carbocycles. The quantitative estimate of drug-likeness (QED) is 0.739. The number of aromatic nitrogens is 2. The largest absolute Gasteiger partial charge is 0.309 e. The molecule has 0 unspecified atom stereocenters.